The van der Waals surface area contributed by atoms with Gasteiger partial charge in [-0.25, -0.2) is 0 Å². The Hall–Kier alpha value is -0.450. The summed E-state index contributed by atoms with van der Waals surface area (Å²) in [7, 11) is 0. The van der Waals surface area contributed by atoms with Crippen LogP contribution in [0.15, 0.2) is 22.8 Å². The fourth-order valence-corrected chi connectivity index (χ4v) is 4.76. The first-order valence-electron chi connectivity index (χ1n) is 7.77. The molecule has 2 atom stereocenters. The van der Waals surface area contributed by atoms with Gasteiger partial charge in [0.15, 0.2) is 0 Å². The van der Waals surface area contributed by atoms with Crippen LogP contribution in [0.1, 0.15) is 37.9 Å². The number of rotatable bonds is 4. The molecule has 20 heavy (non-hydrogen) atoms. The highest BCUT2D eigenvalue weighted by atomic mass is 32.2. The number of furan rings is 1. The Balaban J connectivity index is 1.53. The van der Waals surface area contributed by atoms with Gasteiger partial charge < -0.3 is 14.9 Å². The van der Waals surface area contributed by atoms with Crippen LogP contribution >= 0.6 is 11.8 Å². The van der Waals surface area contributed by atoms with E-state index in [4.69, 9.17) is 14.9 Å². The van der Waals surface area contributed by atoms with Gasteiger partial charge in [-0.3, -0.25) is 0 Å². The van der Waals surface area contributed by atoms with Crippen LogP contribution in [0.5, 0.6) is 0 Å². The Morgan fingerprint density at radius 3 is 3.00 bits per heavy atom. The molecule has 2 N–H and O–H groups in total. The van der Waals surface area contributed by atoms with Crippen LogP contribution < -0.4 is 5.73 Å². The van der Waals surface area contributed by atoms with E-state index < -0.39 is 0 Å². The largest absolute Gasteiger partial charge is 0.469 e. The van der Waals surface area contributed by atoms with Gasteiger partial charge >= 0.3 is 0 Å². The van der Waals surface area contributed by atoms with E-state index in [1.54, 1.807) is 6.26 Å². The second kappa shape index (κ2) is 6.54. The number of nitrogens with two attached hydrogens (primary N) is 1. The molecule has 2 fully saturated rings. The van der Waals surface area contributed by atoms with E-state index in [9.17, 15) is 0 Å². The average molecular weight is 295 g/mol. The number of hydrogen-bond acceptors (Lipinski definition) is 4. The Bertz CT molecular complexity index is 395. The SMILES string of the molecule is NC(CCc1ccco1)C1CCOC2(CCSCC2)C1. The molecule has 4 heteroatoms. The van der Waals surface area contributed by atoms with Gasteiger partial charge in [-0.2, -0.15) is 11.8 Å². The molecule has 2 aliphatic heterocycles. The highest BCUT2D eigenvalue weighted by molar-refractivity contribution is 7.99. The molecule has 0 bridgehead atoms. The van der Waals surface area contributed by atoms with Crippen LogP contribution in [0.4, 0.5) is 0 Å². The number of aryl methyl sites for hydroxylation is 1. The van der Waals surface area contributed by atoms with E-state index in [0.717, 1.165) is 38.1 Å². The van der Waals surface area contributed by atoms with Crippen LogP contribution in [0, 0.1) is 5.92 Å². The Kier molecular flexibility index (Phi) is 4.74. The van der Waals surface area contributed by atoms with Crippen molar-refractivity contribution in [2.24, 2.45) is 11.7 Å². The molecular formula is C16H25NO2S. The molecular weight excluding hydrogens is 270 g/mol. The summed E-state index contributed by atoms with van der Waals surface area (Å²) in [6.45, 7) is 0.893. The van der Waals surface area contributed by atoms with Gasteiger partial charge in [-0.1, -0.05) is 0 Å². The maximum absolute atomic E-state index is 6.45. The summed E-state index contributed by atoms with van der Waals surface area (Å²) >= 11 is 2.06. The molecule has 3 rings (SSSR count). The molecule has 1 aromatic heterocycles. The highest BCUT2D eigenvalue weighted by Crippen LogP contribution is 2.40. The minimum atomic E-state index is 0.149. The van der Waals surface area contributed by atoms with Gasteiger partial charge in [-0.05, 0) is 61.7 Å². The summed E-state index contributed by atoms with van der Waals surface area (Å²) in [4.78, 5) is 0. The molecule has 0 amide bonds. The van der Waals surface area contributed by atoms with Gasteiger partial charge in [-0.15, -0.1) is 0 Å². The lowest BCUT2D eigenvalue weighted by Gasteiger charge is -2.44. The van der Waals surface area contributed by atoms with Crippen molar-refractivity contribution in [1.29, 1.82) is 0 Å². The molecule has 2 unspecified atom stereocenters. The quantitative estimate of drug-likeness (QED) is 0.926. The lowest BCUT2D eigenvalue weighted by Crippen LogP contribution is -2.47. The van der Waals surface area contributed by atoms with E-state index in [1.807, 2.05) is 12.1 Å². The molecule has 3 nitrogen and oxygen atoms in total. The van der Waals surface area contributed by atoms with Crippen LogP contribution in [-0.4, -0.2) is 29.8 Å². The van der Waals surface area contributed by atoms with Crippen molar-refractivity contribution in [2.45, 2.75) is 50.2 Å². The van der Waals surface area contributed by atoms with Gasteiger partial charge in [0.25, 0.3) is 0 Å². The molecule has 0 aliphatic carbocycles. The van der Waals surface area contributed by atoms with Crippen molar-refractivity contribution >= 4 is 11.8 Å². The minimum absolute atomic E-state index is 0.149. The number of thioether (sulfide) groups is 1. The van der Waals surface area contributed by atoms with E-state index in [1.165, 1.54) is 24.3 Å². The summed E-state index contributed by atoms with van der Waals surface area (Å²) in [6, 6.07) is 4.26. The molecule has 112 valence electrons. The first-order valence-corrected chi connectivity index (χ1v) is 8.93. The van der Waals surface area contributed by atoms with Crippen LogP contribution in [-0.2, 0) is 11.2 Å². The third-order valence-electron chi connectivity index (χ3n) is 4.84. The fraction of sp³-hybridized carbons (Fsp3) is 0.750. The van der Waals surface area contributed by atoms with E-state index in [2.05, 4.69) is 11.8 Å². The van der Waals surface area contributed by atoms with Crippen LogP contribution in [0.3, 0.4) is 0 Å². The van der Waals surface area contributed by atoms with Gasteiger partial charge in [0.2, 0.25) is 0 Å². The molecule has 0 saturated carbocycles. The van der Waals surface area contributed by atoms with Crippen molar-refractivity contribution in [3.8, 4) is 0 Å². The van der Waals surface area contributed by atoms with Crippen molar-refractivity contribution in [2.75, 3.05) is 18.1 Å². The Labute approximate surface area is 125 Å². The maximum atomic E-state index is 6.45. The van der Waals surface area contributed by atoms with Crippen molar-refractivity contribution in [3.05, 3.63) is 24.2 Å². The second-order valence-electron chi connectivity index (χ2n) is 6.18. The third-order valence-corrected chi connectivity index (χ3v) is 5.83. The molecule has 1 spiro atoms. The first-order chi connectivity index (χ1) is 9.77. The summed E-state index contributed by atoms with van der Waals surface area (Å²) in [6.07, 6.45) is 8.40. The summed E-state index contributed by atoms with van der Waals surface area (Å²) in [5.41, 5.74) is 6.60. The molecule has 1 aromatic rings. The molecule has 0 radical (unpaired) electrons. The molecule has 3 heterocycles. The lowest BCUT2D eigenvalue weighted by atomic mass is 9.78. The van der Waals surface area contributed by atoms with E-state index in [-0.39, 0.29) is 11.6 Å². The first kappa shape index (κ1) is 14.5. The van der Waals surface area contributed by atoms with E-state index in [0.29, 0.717) is 5.92 Å². The molecule has 2 aliphatic rings. The zero-order chi connectivity index (χ0) is 13.8. The minimum Gasteiger partial charge on any atom is -0.469 e. The predicted octanol–water partition coefficient (Wildman–Crippen LogP) is 3.23. The fourth-order valence-electron chi connectivity index (χ4n) is 3.52. The zero-order valence-electron chi connectivity index (χ0n) is 12.1. The van der Waals surface area contributed by atoms with Crippen LogP contribution in [0.2, 0.25) is 0 Å². The Morgan fingerprint density at radius 2 is 2.25 bits per heavy atom. The second-order valence-corrected chi connectivity index (χ2v) is 7.40. The van der Waals surface area contributed by atoms with Gasteiger partial charge in [0, 0.05) is 19.1 Å². The third kappa shape index (κ3) is 3.41. The van der Waals surface area contributed by atoms with Crippen LogP contribution in [0.25, 0.3) is 0 Å². The zero-order valence-corrected chi connectivity index (χ0v) is 12.9. The van der Waals surface area contributed by atoms with Crippen molar-refractivity contribution < 1.29 is 9.15 Å². The summed E-state index contributed by atoms with van der Waals surface area (Å²) in [5, 5.41) is 0. The van der Waals surface area contributed by atoms with E-state index >= 15 is 0 Å². The maximum Gasteiger partial charge on any atom is 0.103 e. The molecule has 0 aromatic carbocycles. The topological polar surface area (TPSA) is 48.4 Å². The smallest absolute Gasteiger partial charge is 0.103 e. The van der Waals surface area contributed by atoms with Gasteiger partial charge in [0.1, 0.15) is 5.76 Å². The van der Waals surface area contributed by atoms with Crippen molar-refractivity contribution in [3.63, 3.8) is 0 Å². The van der Waals surface area contributed by atoms with Gasteiger partial charge in [0.05, 0.1) is 11.9 Å². The number of hydrogen-bond donors (Lipinski definition) is 1. The monoisotopic (exact) mass is 295 g/mol. The Morgan fingerprint density at radius 1 is 1.40 bits per heavy atom. The summed E-state index contributed by atoms with van der Waals surface area (Å²) in [5.74, 6) is 4.15. The molecule has 2 saturated heterocycles. The normalized spacial score (nSPS) is 27.6. The average Bonchev–Trinajstić information content (AvgIpc) is 2.99. The number of ether oxygens (including phenoxy) is 1. The standard InChI is InChI=1S/C16H25NO2S/c17-15(4-3-14-2-1-8-18-14)13-5-9-19-16(12-13)6-10-20-11-7-16/h1-2,8,13,15H,3-7,9-12,17H2. The predicted molar refractivity (Wildman–Crippen MR) is 83.0 cm³/mol. The van der Waals surface area contributed by atoms with Crippen molar-refractivity contribution in [1.82, 2.24) is 0 Å². The highest BCUT2D eigenvalue weighted by Gasteiger charge is 2.40. The lowest BCUT2D eigenvalue weighted by molar-refractivity contribution is -0.105. The summed E-state index contributed by atoms with van der Waals surface area (Å²) < 4.78 is 11.5.